The molecule has 1 atom stereocenters. The Kier molecular flexibility index (Phi) is 6.30. The molecule has 0 radical (unpaired) electrons. The zero-order valence-corrected chi connectivity index (χ0v) is 18.2. The first-order valence-electron chi connectivity index (χ1n) is 10.5. The van der Waals surface area contributed by atoms with Crippen LogP contribution in [0.1, 0.15) is 55.4 Å². The lowest BCUT2D eigenvalue weighted by molar-refractivity contribution is -0.132. The smallest absolute Gasteiger partial charge is 0.272 e. The van der Waals surface area contributed by atoms with Crippen molar-refractivity contribution in [1.29, 1.82) is 0 Å². The summed E-state index contributed by atoms with van der Waals surface area (Å²) >= 11 is 7.30. The van der Waals surface area contributed by atoms with E-state index in [1.807, 2.05) is 22.1 Å². The molecule has 0 bridgehead atoms. The van der Waals surface area contributed by atoms with E-state index >= 15 is 0 Å². The monoisotopic (exact) mass is 436 g/mol. The average molecular weight is 437 g/mol. The number of ketones is 1. The molecule has 6 nitrogen and oxygen atoms in total. The van der Waals surface area contributed by atoms with Crippen molar-refractivity contribution in [2.75, 3.05) is 19.1 Å². The summed E-state index contributed by atoms with van der Waals surface area (Å²) in [5, 5.41) is 5.07. The second kappa shape index (κ2) is 8.76. The lowest BCUT2D eigenvalue weighted by Gasteiger charge is -2.44. The van der Waals surface area contributed by atoms with Gasteiger partial charge in [0.25, 0.3) is 5.91 Å². The van der Waals surface area contributed by atoms with Crippen molar-refractivity contribution in [2.45, 2.75) is 57.2 Å². The predicted molar refractivity (Wildman–Crippen MR) is 117 cm³/mol. The largest absolute Gasteiger partial charge is 0.332 e. The van der Waals surface area contributed by atoms with E-state index in [1.165, 1.54) is 19.3 Å². The maximum atomic E-state index is 13.5. The molecule has 1 amide bonds. The molecular formula is C21H29ClN4O2S. The lowest BCUT2D eigenvalue weighted by Crippen LogP contribution is -2.68. The zero-order chi connectivity index (χ0) is 20.4. The second-order valence-corrected chi connectivity index (χ2v) is 9.50. The number of amides is 1. The SMILES string of the molecule is NC1(C(=O)CC2CCCCC2)Cn2c(cc3sccc32)C(=O)N1CCCNCCl. The van der Waals surface area contributed by atoms with E-state index in [2.05, 4.69) is 5.32 Å². The fraction of sp³-hybridized carbons (Fsp3) is 0.619. The highest BCUT2D eigenvalue weighted by molar-refractivity contribution is 7.17. The molecule has 0 saturated heterocycles. The molecular weight excluding hydrogens is 408 g/mol. The minimum Gasteiger partial charge on any atom is -0.332 e. The van der Waals surface area contributed by atoms with Crippen molar-refractivity contribution in [3.63, 3.8) is 0 Å². The number of thiophene rings is 1. The molecule has 3 N–H and O–H groups in total. The molecule has 4 rings (SSSR count). The van der Waals surface area contributed by atoms with E-state index in [-0.39, 0.29) is 11.7 Å². The van der Waals surface area contributed by atoms with Crippen molar-refractivity contribution in [3.8, 4) is 0 Å². The molecule has 1 saturated carbocycles. The van der Waals surface area contributed by atoms with Gasteiger partial charge in [-0.2, -0.15) is 0 Å². The number of carbonyl (C=O) groups is 2. The minimum absolute atomic E-state index is 0.00854. The van der Waals surface area contributed by atoms with Crippen molar-refractivity contribution in [3.05, 3.63) is 23.2 Å². The van der Waals surface area contributed by atoms with E-state index in [0.29, 0.717) is 50.1 Å². The summed E-state index contributed by atoms with van der Waals surface area (Å²) in [4.78, 5) is 28.5. The molecule has 1 aliphatic heterocycles. The molecule has 158 valence electrons. The summed E-state index contributed by atoms with van der Waals surface area (Å²) in [5.74, 6) is 0.231. The Morgan fingerprint density at radius 3 is 2.90 bits per heavy atom. The third kappa shape index (κ3) is 3.98. The van der Waals surface area contributed by atoms with Gasteiger partial charge in [-0.1, -0.05) is 32.1 Å². The maximum Gasteiger partial charge on any atom is 0.272 e. The van der Waals surface area contributed by atoms with E-state index in [1.54, 1.807) is 16.2 Å². The van der Waals surface area contributed by atoms with Crippen LogP contribution in [0.4, 0.5) is 0 Å². The number of halogens is 1. The van der Waals surface area contributed by atoms with E-state index in [0.717, 1.165) is 23.1 Å². The average Bonchev–Trinajstić information content (AvgIpc) is 3.30. The van der Waals surface area contributed by atoms with Crippen molar-refractivity contribution in [2.24, 2.45) is 11.7 Å². The molecule has 1 fully saturated rings. The topological polar surface area (TPSA) is 80.4 Å². The van der Waals surface area contributed by atoms with Gasteiger partial charge in [-0.3, -0.25) is 9.59 Å². The van der Waals surface area contributed by atoms with Crippen molar-refractivity contribution < 1.29 is 9.59 Å². The van der Waals surface area contributed by atoms with Gasteiger partial charge in [-0.05, 0) is 36.4 Å². The molecule has 3 heterocycles. The number of rotatable bonds is 8. The van der Waals surface area contributed by atoms with Crippen LogP contribution in [0.5, 0.6) is 0 Å². The molecule has 1 aliphatic carbocycles. The van der Waals surface area contributed by atoms with E-state index in [4.69, 9.17) is 17.3 Å². The van der Waals surface area contributed by atoms with Crippen LogP contribution in [-0.4, -0.2) is 45.9 Å². The number of alkyl halides is 1. The van der Waals surface area contributed by atoms with Gasteiger partial charge in [0.2, 0.25) is 0 Å². The van der Waals surface area contributed by atoms with Crippen LogP contribution >= 0.6 is 22.9 Å². The molecule has 1 unspecified atom stereocenters. The molecule has 2 aromatic heterocycles. The van der Waals surface area contributed by atoms with Crippen molar-refractivity contribution >= 4 is 44.8 Å². The Hall–Kier alpha value is -1.41. The maximum absolute atomic E-state index is 13.5. The summed E-state index contributed by atoms with van der Waals surface area (Å²) < 4.78 is 3.00. The fourth-order valence-corrected chi connectivity index (χ4v) is 5.73. The quantitative estimate of drug-likeness (QED) is 0.377. The van der Waals surface area contributed by atoms with Gasteiger partial charge in [0, 0.05) is 13.0 Å². The first-order chi connectivity index (χ1) is 14.0. The minimum atomic E-state index is -1.30. The summed E-state index contributed by atoms with van der Waals surface area (Å²) in [5.41, 5.74) is 7.12. The number of nitrogens with one attached hydrogen (secondary N) is 1. The standard InChI is InChI=1S/C21H29ClN4O2S/c22-14-24-8-4-9-26-20(28)17-12-18-16(7-10-29-18)25(17)13-21(26,23)19(27)11-15-5-2-1-3-6-15/h7,10,12,15,24H,1-6,8-9,11,13-14,23H2. The fourth-order valence-electron chi connectivity index (χ4n) is 4.77. The van der Waals surface area contributed by atoms with Crippen LogP contribution in [0, 0.1) is 5.92 Å². The highest BCUT2D eigenvalue weighted by atomic mass is 35.5. The van der Waals surface area contributed by atoms with Gasteiger partial charge in [-0.25, -0.2) is 0 Å². The number of Topliss-reactive ketones (excluding diaryl/α,β-unsaturated/α-hetero) is 1. The number of nitrogens with zero attached hydrogens (tertiary/aromatic N) is 2. The van der Waals surface area contributed by atoms with Crippen LogP contribution in [0.3, 0.4) is 0 Å². The third-order valence-electron chi connectivity index (χ3n) is 6.38. The molecule has 0 spiro atoms. The molecule has 8 heteroatoms. The summed E-state index contributed by atoms with van der Waals surface area (Å²) in [6.07, 6.45) is 6.93. The molecule has 0 aromatic carbocycles. The third-order valence-corrected chi connectivity index (χ3v) is 7.42. The zero-order valence-electron chi connectivity index (χ0n) is 16.7. The van der Waals surface area contributed by atoms with Crippen LogP contribution in [0.25, 0.3) is 10.2 Å². The molecule has 2 aromatic rings. The lowest BCUT2D eigenvalue weighted by atomic mass is 9.82. The second-order valence-electron chi connectivity index (χ2n) is 8.29. The number of hydrogen-bond donors (Lipinski definition) is 2. The van der Waals surface area contributed by atoms with Gasteiger partial charge in [-0.15, -0.1) is 22.9 Å². The first-order valence-corrected chi connectivity index (χ1v) is 11.9. The highest BCUT2D eigenvalue weighted by Gasteiger charge is 2.48. The van der Waals surface area contributed by atoms with Crippen molar-refractivity contribution in [1.82, 2.24) is 14.8 Å². The summed E-state index contributed by atoms with van der Waals surface area (Å²) in [6, 6.07) is 4.29. The van der Waals surface area contributed by atoms with E-state index in [9.17, 15) is 9.59 Å². The van der Waals surface area contributed by atoms with Gasteiger partial charge in [0.15, 0.2) is 11.4 Å². The van der Waals surface area contributed by atoms with Crippen LogP contribution < -0.4 is 11.1 Å². The van der Waals surface area contributed by atoms with Gasteiger partial charge < -0.3 is 20.5 Å². The van der Waals surface area contributed by atoms with Crippen LogP contribution in [0.2, 0.25) is 0 Å². The normalized spacial score (nSPS) is 23.0. The number of fused-ring (bicyclic) bond motifs is 3. The van der Waals surface area contributed by atoms with Crippen LogP contribution in [-0.2, 0) is 11.3 Å². The Morgan fingerprint density at radius 2 is 2.14 bits per heavy atom. The number of carbonyl (C=O) groups excluding carboxylic acids is 2. The Bertz CT molecular complexity index is 889. The first kappa shape index (κ1) is 20.8. The molecule has 2 aliphatic rings. The highest BCUT2D eigenvalue weighted by Crippen LogP contribution is 2.35. The predicted octanol–water partition coefficient (Wildman–Crippen LogP) is 3.53. The van der Waals surface area contributed by atoms with Gasteiger partial charge in [0.1, 0.15) is 5.69 Å². The van der Waals surface area contributed by atoms with Crippen LogP contribution in [0.15, 0.2) is 17.5 Å². The summed E-state index contributed by atoms with van der Waals surface area (Å²) in [6.45, 7) is 1.44. The number of nitrogens with two attached hydrogens (primary N) is 1. The van der Waals surface area contributed by atoms with Gasteiger partial charge in [0.05, 0.1) is 22.8 Å². The Morgan fingerprint density at radius 1 is 1.34 bits per heavy atom. The van der Waals surface area contributed by atoms with E-state index < -0.39 is 5.66 Å². The summed E-state index contributed by atoms with van der Waals surface area (Å²) in [7, 11) is 0. The Labute approximate surface area is 180 Å². The molecule has 29 heavy (non-hydrogen) atoms. The number of aromatic nitrogens is 1. The Balaban J connectivity index is 1.62. The van der Waals surface area contributed by atoms with Gasteiger partial charge >= 0.3 is 0 Å². The number of hydrogen-bond acceptors (Lipinski definition) is 5.